The molecule has 0 N–H and O–H groups in total. The van der Waals surface area contributed by atoms with E-state index in [0.717, 1.165) is 12.8 Å². The summed E-state index contributed by atoms with van der Waals surface area (Å²) in [5, 5.41) is 0. The van der Waals surface area contributed by atoms with E-state index in [1.165, 1.54) is 12.5 Å². The highest BCUT2D eigenvalue weighted by atomic mass is 16.5. The molecule has 0 spiro atoms. The van der Waals surface area contributed by atoms with Crippen LogP contribution >= 0.6 is 0 Å². The highest BCUT2D eigenvalue weighted by Gasteiger charge is 2.36. The number of rotatable bonds is 6. The molecule has 130 valence electrons. The van der Waals surface area contributed by atoms with Gasteiger partial charge in [-0.25, -0.2) is 0 Å². The number of ketones is 1. The molecule has 3 heteroatoms. The molecule has 1 aliphatic rings. The number of carbonyl (C=O) groups is 2. The van der Waals surface area contributed by atoms with Crippen LogP contribution in [0, 0.1) is 23.7 Å². The van der Waals surface area contributed by atoms with E-state index in [1.807, 2.05) is 6.07 Å². The first-order valence-corrected chi connectivity index (χ1v) is 8.86. The smallest absolute Gasteiger partial charge is 0.321 e. The maximum Gasteiger partial charge on any atom is 0.321 e. The first-order chi connectivity index (χ1) is 11.4. The molecule has 4 unspecified atom stereocenters. The number of ether oxygens (including phenoxy) is 1. The van der Waals surface area contributed by atoms with Gasteiger partial charge in [-0.05, 0) is 30.6 Å². The van der Waals surface area contributed by atoms with Crippen LogP contribution in [0.3, 0.4) is 0 Å². The third-order valence-electron chi connectivity index (χ3n) is 5.06. The summed E-state index contributed by atoms with van der Waals surface area (Å²) >= 11 is 0. The highest BCUT2D eigenvalue weighted by Crippen LogP contribution is 2.35. The first kappa shape index (κ1) is 18.4. The number of hydrogen-bond donors (Lipinski definition) is 0. The zero-order chi connectivity index (χ0) is 17.7. The molecule has 4 atom stereocenters. The summed E-state index contributed by atoms with van der Waals surface area (Å²) in [6, 6.07) is 8.85. The Labute approximate surface area is 145 Å². The van der Waals surface area contributed by atoms with Crippen molar-refractivity contribution >= 4 is 11.8 Å². The van der Waals surface area contributed by atoms with Gasteiger partial charge < -0.3 is 4.74 Å². The third-order valence-corrected chi connectivity index (χ3v) is 5.06. The van der Waals surface area contributed by atoms with Crippen LogP contribution in [0.1, 0.15) is 50.4 Å². The van der Waals surface area contributed by atoms with Crippen molar-refractivity contribution in [1.82, 2.24) is 0 Å². The Morgan fingerprint density at radius 1 is 1.21 bits per heavy atom. The van der Waals surface area contributed by atoms with E-state index in [9.17, 15) is 9.59 Å². The summed E-state index contributed by atoms with van der Waals surface area (Å²) in [6.07, 6.45) is 4.41. The highest BCUT2D eigenvalue weighted by molar-refractivity contribution is 6.10. The molecule has 0 radical (unpaired) electrons. The van der Waals surface area contributed by atoms with Gasteiger partial charge >= 0.3 is 5.97 Å². The van der Waals surface area contributed by atoms with E-state index >= 15 is 0 Å². The molecule has 1 aromatic carbocycles. The Bertz CT molecular complexity index is 576. The number of esters is 1. The second-order valence-corrected chi connectivity index (χ2v) is 7.25. The van der Waals surface area contributed by atoms with E-state index in [2.05, 4.69) is 27.4 Å². The fourth-order valence-electron chi connectivity index (χ4n) is 3.56. The van der Waals surface area contributed by atoms with Crippen LogP contribution in [0.15, 0.2) is 43.0 Å². The van der Waals surface area contributed by atoms with Gasteiger partial charge in [-0.15, -0.1) is 6.58 Å². The minimum atomic E-state index is -0.933. The van der Waals surface area contributed by atoms with Crippen LogP contribution in [0.2, 0.25) is 0 Å². The SMILES string of the molecule is C=CC(C(=O)OC1CC(C)CCC1C(C)C)C(=O)c1ccccc1. The van der Waals surface area contributed by atoms with Crippen molar-refractivity contribution in [3.05, 3.63) is 48.6 Å². The maximum atomic E-state index is 12.6. The fourth-order valence-corrected chi connectivity index (χ4v) is 3.56. The van der Waals surface area contributed by atoms with Crippen molar-refractivity contribution in [2.24, 2.45) is 23.7 Å². The molecule has 0 heterocycles. The molecule has 0 bridgehead atoms. The minimum absolute atomic E-state index is 0.104. The molecule has 0 aliphatic heterocycles. The summed E-state index contributed by atoms with van der Waals surface area (Å²) in [5.41, 5.74) is 0.511. The predicted octanol–water partition coefficient (Wildman–Crippen LogP) is 4.68. The van der Waals surface area contributed by atoms with Crippen molar-refractivity contribution in [3.63, 3.8) is 0 Å². The van der Waals surface area contributed by atoms with Gasteiger partial charge in [-0.1, -0.05) is 63.6 Å². The lowest BCUT2D eigenvalue weighted by molar-refractivity contribution is -0.157. The second kappa shape index (κ2) is 8.27. The van der Waals surface area contributed by atoms with Crippen LogP contribution in [0.5, 0.6) is 0 Å². The lowest BCUT2D eigenvalue weighted by Gasteiger charge is -2.37. The fraction of sp³-hybridized carbons (Fsp3) is 0.524. The van der Waals surface area contributed by atoms with Gasteiger partial charge in [0.1, 0.15) is 12.0 Å². The topological polar surface area (TPSA) is 43.4 Å². The lowest BCUT2D eigenvalue weighted by Crippen LogP contribution is -2.38. The Kier molecular flexibility index (Phi) is 6.36. The van der Waals surface area contributed by atoms with E-state index in [4.69, 9.17) is 4.74 Å². The van der Waals surface area contributed by atoms with Gasteiger partial charge in [0.2, 0.25) is 0 Å². The van der Waals surface area contributed by atoms with Gasteiger partial charge in [-0.2, -0.15) is 0 Å². The predicted molar refractivity (Wildman–Crippen MR) is 95.7 cm³/mol. The van der Waals surface area contributed by atoms with Crippen LogP contribution in [-0.4, -0.2) is 17.9 Å². The molecule has 3 nitrogen and oxygen atoms in total. The van der Waals surface area contributed by atoms with Crippen molar-refractivity contribution in [3.8, 4) is 0 Å². The van der Waals surface area contributed by atoms with Gasteiger partial charge in [0.25, 0.3) is 0 Å². The normalized spacial score (nSPS) is 25.1. The number of Topliss-reactive ketones (excluding diaryl/α,β-unsaturated/α-hetero) is 1. The van der Waals surface area contributed by atoms with Gasteiger partial charge in [-0.3, -0.25) is 9.59 Å². The lowest BCUT2D eigenvalue weighted by atomic mass is 9.75. The Balaban J connectivity index is 2.10. The summed E-state index contributed by atoms with van der Waals surface area (Å²) in [4.78, 5) is 25.2. The standard InChI is InChI=1S/C21H28O3/c1-5-17(20(22)16-9-7-6-8-10-16)21(23)24-19-13-15(4)11-12-18(19)14(2)3/h5-10,14-15,17-19H,1,11-13H2,2-4H3. The van der Waals surface area contributed by atoms with Gasteiger partial charge in [0.05, 0.1) is 0 Å². The van der Waals surface area contributed by atoms with E-state index in [1.54, 1.807) is 24.3 Å². The first-order valence-electron chi connectivity index (χ1n) is 8.86. The zero-order valence-corrected chi connectivity index (χ0v) is 14.9. The molecule has 0 saturated heterocycles. The number of carbonyl (C=O) groups excluding carboxylic acids is 2. The maximum absolute atomic E-state index is 12.6. The largest absolute Gasteiger partial charge is 0.461 e. The Morgan fingerprint density at radius 2 is 1.88 bits per heavy atom. The van der Waals surface area contributed by atoms with Crippen molar-refractivity contribution < 1.29 is 14.3 Å². The molecular formula is C21H28O3. The second-order valence-electron chi connectivity index (χ2n) is 7.25. The van der Waals surface area contributed by atoms with E-state index in [-0.39, 0.29) is 11.9 Å². The minimum Gasteiger partial charge on any atom is -0.461 e. The molecule has 0 aromatic heterocycles. The van der Waals surface area contributed by atoms with Crippen molar-refractivity contribution in [2.75, 3.05) is 0 Å². The average molecular weight is 328 g/mol. The zero-order valence-electron chi connectivity index (χ0n) is 14.9. The van der Waals surface area contributed by atoms with Crippen LogP contribution in [0.25, 0.3) is 0 Å². The van der Waals surface area contributed by atoms with E-state index < -0.39 is 11.9 Å². The average Bonchev–Trinajstić information content (AvgIpc) is 2.56. The molecule has 1 saturated carbocycles. The van der Waals surface area contributed by atoms with Crippen molar-refractivity contribution in [1.29, 1.82) is 0 Å². The van der Waals surface area contributed by atoms with Crippen LogP contribution < -0.4 is 0 Å². The Hall–Kier alpha value is -1.90. The van der Waals surface area contributed by atoms with E-state index in [0.29, 0.717) is 23.3 Å². The molecule has 0 amide bonds. The molecule has 1 aliphatic carbocycles. The number of benzene rings is 1. The van der Waals surface area contributed by atoms with Gasteiger partial charge in [0.15, 0.2) is 5.78 Å². The monoisotopic (exact) mass is 328 g/mol. The summed E-state index contributed by atoms with van der Waals surface area (Å²) in [6.45, 7) is 10.2. The van der Waals surface area contributed by atoms with Gasteiger partial charge in [0, 0.05) is 5.56 Å². The molecule has 1 fully saturated rings. The quantitative estimate of drug-likeness (QED) is 0.330. The molecule has 2 rings (SSSR count). The Morgan fingerprint density at radius 3 is 2.46 bits per heavy atom. The van der Waals surface area contributed by atoms with Crippen LogP contribution in [-0.2, 0) is 9.53 Å². The third kappa shape index (κ3) is 4.34. The summed E-state index contributed by atoms with van der Waals surface area (Å²) < 4.78 is 5.80. The molecule has 1 aromatic rings. The molecular weight excluding hydrogens is 300 g/mol. The molecule has 24 heavy (non-hydrogen) atoms. The summed E-state index contributed by atoms with van der Waals surface area (Å²) in [7, 11) is 0. The summed E-state index contributed by atoms with van der Waals surface area (Å²) in [5.74, 6) is -0.281. The van der Waals surface area contributed by atoms with Crippen LogP contribution in [0.4, 0.5) is 0 Å². The van der Waals surface area contributed by atoms with Crippen molar-refractivity contribution in [2.45, 2.75) is 46.1 Å². The number of hydrogen-bond acceptors (Lipinski definition) is 3.